The number of para-hydroxylation sites is 1. The Hall–Kier alpha value is -4.49. The quantitative estimate of drug-likeness (QED) is 0.224. The number of alkyl carbamates (subject to hydrolysis) is 1. The summed E-state index contributed by atoms with van der Waals surface area (Å²) in [6, 6.07) is 20.5. The third-order valence-corrected chi connectivity index (χ3v) is 10.1. The number of carbonyl (C=O) groups excluding carboxylic acids is 2. The lowest BCUT2D eigenvalue weighted by atomic mass is 9.82. The van der Waals surface area contributed by atoms with Gasteiger partial charge in [0, 0.05) is 39.3 Å². The zero-order chi connectivity index (χ0) is 32.8. The number of sulfonamides is 1. The van der Waals surface area contributed by atoms with E-state index < -0.39 is 27.8 Å². The van der Waals surface area contributed by atoms with Crippen molar-refractivity contribution in [3.63, 3.8) is 0 Å². The van der Waals surface area contributed by atoms with E-state index >= 15 is 0 Å². The van der Waals surface area contributed by atoms with Crippen molar-refractivity contribution in [3.8, 4) is 5.69 Å². The van der Waals surface area contributed by atoms with Gasteiger partial charge in [-0.2, -0.15) is 5.10 Å². The predicted molar refractivity (Wildman–Crippen MR) is 178 cm³/mol. The van der Waals surface area contributed by atoms with Gasteiger partial charge in [-0.25, -0.2) is 27.6 Å². The molecule has 2 amide bonds. The number of ether oxygens (including phenoxy) is 2. The third-order valence-electron chi connectivity index (χ3n) is 8.83. The van der Waals surface area contributed by atoms with Crippen molar-refractivity contribution in [2.75, 3.05) is 44.0 Å². The van der Waals surface area contributed by atoms with Gasteiger partial charge in [0.25, 0.3) is 5.91 Å². The summed E-state index contributed by atoms with van der Waals surface area (Å²) in [6.07, 6.45) is 4.31. The van der Waals surface area contributed by atoms with Crippen molar-refractivity contribution in [1.29, 1.82) is 0 Å². The maximum Gasteiger partial charge on any atom is 0.407 e. The molecule has 2 N–H and O–H groups in total. The number of amides is 2. The maximum absolute atomic E-state index is 13.6. The lowest BCUT2D eigenvalue weighted by molar-refractivity contribution is 0.0977. The van der Waals surface area contributed by atoms with Crippen LogP contribution in [0.15, 0.2) is 66.7 Å². The normalized spacial score (nSPS) is 15.7. The number of methoxy groups -OCH3 is 1. The Morgan fingerprint density at radius 1 is 0.979 bits per heavy atom. The molecule has 0 spiro atoms. The van der Waals surface area contributed by atoms with E-state index in [2.05, 4.69) is 14.9 Å². The van der Waals surface area contributed by atoms with Crippen LogP contribution in [0.25, 0.3) is 16.7 Å². The molecule has 47 heavy (non-hydrogen) atoms. The number of nitrogens with zero attached hydrogens (tertiary/aromatic N) is 4. The van der Waals surface area contributed by atoms with Crippen LogP contribution in [0.4, 0.5) is 10.5 Å². The predicted octanol–water partition coefficient (Wildman–Crippen LogP) is 4.54. The summed E-state index contributed by atoms with van der Waals surface area (Å²) in [7, 11) is -2.40. The van der Waals surface area contributed by atoms with E-state index in [-0.39, 0.29) is 18.8 Å². The van der Waals surface area contributed by atoms with Crippen LogP contribution in [0.1, 0.15) is 59.8 Å². The molecular weight excluding hydrogens is 620 g/mol. The molecule has 0 radical (unpaired) electrons. The Morgan fingerprint density at radius 2 is 1.68 bits per heavy atom. The summed E-state index contributed by atoms with van der Waals surface area (Å²) in [5.74, 6) is -0.625. The fourth-order valence-electron chi connectivity index (χ4n) is 6.09. The highest BCUT2D eigenvalue weighted by Crippen LogP contribution is 2.43. The molecular formula is C34H40N6O6S. The Bertz CT molecular complexity index is 1800. The van der Waals surface area contributed by atoms with Crippen molar-refractivity contribution < 1.29 is 27.5 Å². The highest BCUT2D eigenvalue weighted by Gasteiger charge is 2.32. The minimum absolute atomic E-state index is 0.0254. The van der Waals surface area contributed by atoms with E-state index in [0.717, 1.165) is 73.2 Å². The lowest BCUT2D eigenvalue weighted by Crippen LogP contribution is -2.38. The van der Waals surface area contributed by atoms with Gasteiger partial charge in [-0.1, -0.05) is 55.0 Å². The van der Waals surface area contributed by atoms with Crippen LogP contribution in [0.5, 0.6) is 0 Å². The summed E-state index contributed by atoms with van der Waals surface area (Å²) in [5, 5.41) is 8.38. The molecule has 248 valence electrons. The zero-order valence-electron chi connectivity index (χ0n) is 26.4. The maximum atomic E-state index is 13.6. The molecule has 0 unspecified atom stereocenters. The van der Waals surface area contributed by atoms with E-state index in [9.17, 15) is 18.0 Å². The molecule has 1 aliphatic carbocycles. The van der Waals surface area contributed by atoms with Gasteiger partial charge in [-0.05, 0) is 55.4 Å². The van der Waals surface area contributed by atoms with E-state index in [1.54, 1.807) is 17.9 Å². The molecule has 1 saturated heterocycles. The zero-order valence-corrected chi connectivity index (χ0v) is 27.2. The molecule has 2 aromatic carbocycles. The fraction of sp³-hybridized carbons (Fsp3) is 0.412. The van der Waals surface area contributed by atoms with Gasteiger partial charge in [0.1, 0.15) is 12.3 Å². The summed E-state index contributed by atoms with van der Waals surface area (Å²) in [4.78, 5) is 32.7. The molecule has 13 heteroatoms. The summed E-state index contributed by atoms with van der Waals surface area (Å²) in [6.45, 7) is 2.04. The molecule has 12 nitrogen and oxygen atoms in total. The number of carbonyl (C=O) groups is 2. The Kier molecular flexibility index (Phi) is 10.0. The van der Waals surface area contributed by atoms with Gasteiger partial charge < -0.3 is 19.7 Å². The Morgan fingerprint density at radius 3 is 2.34 bits per heavy atom. The first kappa shape index (κ1) is 32.5. The van der Waals surface area contributed by atoms with E-state index in [1.807, 2.05) is 60.7 Å². The molecule has 2 aromatic heterocycles. The fourth-order valence-corrected chi connectivity index (χ4v) is 6.95. The van der Waals surface area contributed by atoms with Crippen LogP contribution in [0, 0.1) is 5.92 Å². The van der Waals surface area contributed by atoms with E-state index in [0.29, 0.717) is 24.1 Å². The van der Waals surface area contributed by atoms with Gasteiger partial charge in [-0.3, -0.25) is 4.79 Å². The first-order valence-electron chi connectivity index (χ1n) is 16.0. The van der Waals surface area contributed by atoms with Gasteiger partial charge in [0.05, 0.1) is 28.2 Å². The van der Waals surface area contributed by atoms with Gasteiger partial charge in [0.15, 0.2) is 5.65 Å². The summed E-state index contributed by atoms with van der Waals surface area (Å²) < 4.78 is 40.4. The highest BCUT2D eigenvalue weighted by molar-refractivity contribution is 7.90. The van der Waals surface area contributed by atoms with Gasteiger partial charge >= 0.3 is 6.09 Å². The number of anilines is 1. The number of hydrogen-bond donors (Lipinski definition) is 2. The standard InChI is InChI=1S/C34H40N6O6S/c1-45-22-25-15-18-39(19-16-25)29-21-28(33(41)38-47(43,44)20-17-35-34(42)46-23-24-9-4-2-5-10-24)36-32-30(29)31(26-11-8-12-26)37-40(32)27-13-6-3-7-14-27/h2-7,9-10,13-14,21,25-26H,8,11-12,15-20,22-23H2,1H3,(H,35,42)(H,38,41). The molecule has 1 aliphatic heterocycles. The molecule has 0 bridgehead atoms. The molecule has 0 atom stereocenters. The minimum Gasteiger partial charge on any atom is -0.445 e. The molecule has 6 rings (SSSR count). The third kappa shape index (κ3) is 7.74. The van der Waals surface area contributed by atoms with E-state index in [1.165, 1.54) is 0 Å². The first-order valence-corrected chi connectivity index (χ1v) is 17.7. The highest BCUT2D eigenvalue weighted by atomic mass is 32.2. The molecule has 3 heterocycles. The molecule has 2 aliphatic rings. The van der Waals surface area contributed by atoms with Gasteiger partial charge in [0.2, 0.25) is 10.0 Å². The molecule has 2 fully saturated rings. The molecule has 1 saturated carbocycles. The average molecular weight is 661 g/mol. The minimum atomic E-state index is -4.12. The van der Waals surface area contributed by atoms with Crippen LogP contribution in [-0.2, 0) is 26.1 Å². The van der Waals surface area contributed by atoms with Crippen LogP contribution in [0.3, 0.4) is 0 Å². The van der Waals surface area contributed by atoms with Crippen molar-refractivity contribution in [2.24, 2.45) is 5.92 Å². The second-order valence-electron chi connectivity index (χ2n) is 12.1. The second kappa shape index (κ2) is 14.5. The Balaban J connectivity index is 1.24. The summed E-state index contributed by atoms with van der Waals surface area (Å²) >= 11 is 0. The molecule has 4 aromatic rings. The number of fused-ring (bicyclic) bond motifs is 1. The monoisotopic (exact) mass is 660 g/mol. The number of aromatic nitrogens is 3. The average Bonchev–Trinajstić information content (AvgIpc) is 3.42. The van der Waals surface area contributed by atoms with E-state index in [4.69, 9.17) is 19.6 Å². The topological polar surface area (TPSA) is 145 Å². The van der Waals surface area contributed by atoms with Crippen LogP contribution in [-0.4, -0.2) is 74.3 Å². The van der Waals surface area contributed by atoms with Crippen LogP contribution in [0.2, 0.25) is 0 Å². The van der Waals surface area contributed by atoms with Crippen LogP contribution < -0.4 is 14.9 Å². The van der Waals surface area contributed by atoms with Crippen molar-refractivity contribution >= 4 is 38.7 Å². The smallest absolute Gasteiger partial charge is 0.407 e. The number of benzene rings is 2. The first-order chi connectivity index (χ1) is 22.8. The van der Waals surface area contributed by atoms with Crippen molar-refractivity contribution in [1.82, 2.24) is 24.8 Å². The van der Waals surface area contributed by atoms with Crippen molar-refractivity contribution in [3.05, 3.63) is 83.7 Å². The second-order valence-corrected chi connectivity index (χ2v) is 14.0. The lowest BCUT2D eigenvalue weighted by Gasteiger charge is -2.34. The number of rotatable bonds is 12. The number of pyridine rings is 1. The van der Waals surface area contributed by atoms with Crippen molar-refractivity contribution in [2.45, 2.75) is 44.6 Å². The number of piperidine rings is 1. The van der Waals surface area contributed by atoms with Crippen LogP contribution >= 0.6 is 0 Å². The largest absolute Gasteiger partial charge is 0.445 e. The Labute approximate surface area is 274 Å². The van der Waals surface area contributed by atoms with Gasteiger partial charge in [-0.15, -0.1) is 0 Å². The SMILES string of the molecule is COCC1CCN(c2cc(C(=O)NS(=O)(=O)CCNC(=O)OCc3ccccc3)nc3c2c(C2CCC2)nn3-c2ccccc2)CC1. The number of nitrogens with one attached hydrogen (secondary N) is 2. The number of hydrogen-bond acceptors (Lipinski definition) is 9. The summed E-state index contributed by atoms with van der Waals surface area (Å²) in [5.41, 5.74) is 3.89.